The van der Waals surface area contributed by atoms with E-state index in [1.807, 2.05) is 0 Å². The molecule has 0 bridgehead atoms. The minimum absolute atomic E-state index is 0.875. The van der Waals surface area contributed by atoms with Crippen LogP contribution in [0.25, 0.3) is 0 Å². The van der Waals surface area contributed by atoms with Crippen molar-refractivity contribution < 1.29 is 0 Å². The first-order valence-electron chi connectivity index (χ1n) is 7.00. The molecule has 1 aromatic carbocycles. The normalized spacial score (nSPS) is 34.4. The summed E-state index contributed by atoms with van der Waals surface area (Å²) >= 11 is 0. The second-order valence-electron chi connectivity index (χ2n) is 5.66. The maximum absolute atomic E-state index is 2.35. The van der Waals surface area contributed by atoms with Crippen molar-refractivity contribution in [1.82, 2.24) is 0 Å². The highest BCUT2D eigenvalue weighted by atomic mass is 14.4. The van der Waals surface area contributed by atoms with Gasteiger partial charge in [0.15, 0.2) is 0 Å². The van der Waals surface area contributed by atoms with E-state index in [0.717, 1.165) is 17.8 Å². The van der Waals surface area contributed by atoms with Crippen LogP contribution in [0.5, 0.6) is 0 Å². The van der Waals surface area contributed by atoms with Crippen molar-refractivity contribution in [2.75, 3.05) is 0 Å². The Morgan fingerprint density at radius 2 is 1.50 bits per heavy atom. The molecule has 1 aromatic rings. The Morgan fingerprint density at radius 3 is 2.38 bits per heavy atom. The molecule has 0 aliphatic heterocycles. The van der Waals surface area contributed by atoms with Crippen LogP contribution in [0.15, 0.2) is 30.3 Å². The molecule has 3 unspecified atom stereocenters. The van der Waals surface area contributed by atoms with Crippen LogP contribution < -0.4 is 0 Å². The molecule has 86 valence electrons. The van der Waals surface area contributed by atoms with E-state index in [9.17, 15) is 0 Å². The average molecular weight is 214 g/mol. The van der Waals surface area contributed by atoms with E-state index in [2.05, 4.69) is 30.3 Å². The molecule has 2 saturated carbocycles. The standard InChI is InChI=1S/C16H22/c1-2-7-13(8-3-1)16-12-6-10-14-9-4-5-11-15(14)16/h1-3,7-8,14-16H,4-6,9-12H2. The molecule has 0 spiro atoms. The Balaban J connectivity index is 1.83. The summed E-state index contributed by atoms with van der Waals surface area (Å²) in [4.78, 5) is 0. The van der Waals surface area contributed by atoms with Crippen molar-refractivity contribution >= 4 is 0 Å². The van der Waals surface area contributed by atoms with Crippen LogP contribution in [0.3, 0.4) is 0 Å². The zero-order valence-corrected chi connectivity index (χ0v) is 10.1. The predicted octanol–water partition coefficient (Wildman–Crippen LogP) is 4.76. The van der Waals surface area contributed by atoms with Crippen LogP contribution in [0.1, 0.15) is 56.4 Å². The third kappa shape index (κ3) is 1.90. The summed E-state index contributed by atoms with van der Waals surface area (Å²) in [7, 11) is 0. The highest BCUT2D eigenvalue weighted by molar-refractivity contribution is 5.21. The molecule has 0 N–H and O–H groups in total. The summed E-state index contributed by atoms with van der Waals surface area (Å²) in [5.41, 5.74) is 1.61. The Labute approximate surface area is 99.1 Å². The largest absolute Gasteiger partial charge is 0.0622 e. The minimum Gasteiger partial charge on any atom is -0.0622 e. The smallest absolute Gasteiger partial charge is 0.0131 e. The summed E-state index contributed by atoms with van der Waals surface area (Å²) < 4.78 is 0. The van der Waals surface area contributed by atoms with Crippen molar-refractivity contribution in [3.8, 4) is 0 Å². The Hall–Kier alpha value is -0.780. The van der Waals surface area contributed by atoms with Gasteiger partial charge in [-0.15, -0.1) is 0 Å². The second kappa shape index (κ2) is 4.61. The van der Waals surface area contributed by atoms with Gasteiger partial charge in [0.05, 0.1) is 0 Å². The third-order valence-electron chi connectivity index (χ3n) is 4.80. The molecular formula is C16H22. The number of fused-ring (bicyclic) bond motifs is 1. The zero-order chi connectivity index (χ0) is 10.8. The van der Waals surface area contributed by atoms with Crippen molar-refractivity contribution in [2.45, 2.75) is 50.9 Å². The van der Waals surface area contributed by atoms with Gasteiger partial charge in [-0.1, -0.05) is 62.4 Å². The van der Waals surface area contributed by atoms with Gasteiger partial charge in [-0.3, -0.25) is 0 Å². The van der Waals surface area contributed by atoms with E-state index in [-0.39, 0.29) is 0 Å². The lowest BCUT2D eigenvalue weighted by molar-refractivity contribution is 0.144. The van der Waals surface area contributed by atoms with Crippen LogP contribution in [0.2, 0.25) is 0 Å². The van der Waals surface area contributed by atoms with Gasteiger partial charge < -0.3 is 0 Å². The summed E-state index contributed by atoms with van der Waals surface area (Å²) in [6.07, 6.45) is 10.4. The highest BCUT2D eigenvalue weighted by Crippen LogP contribution is 2.47. The van der Waals surface area contributed by atoms with E-state index in [0.29, 0.717) is 0 Å². The fourth-order valence-electron chi connectivity index (χ4n) is 4.05. The number of hydrogen-bond acceptors (Lipinski definition) is 0. The van der Waals surface area contributed by atoms with E-state index in [1.165, 1.54) is 44.9 Å². The monoisotopic (exact) mass is 214 g/mol. The Kier molecular flexibility index (Phi) is 2.99. The van der Waals surface area contributed by atoms with Crippen LogP contribution in [0, 0.1) is 11.8 Å². The van der Waals surface area contributed by atoms with Gasteiger partial charge in [0.25, 0.3) is 0 Å². The van der Waals surface area contributed by atoms with Crippen LogP contribution >= 0.6 is 0 Å². The molecule has 2 aliphatic rings. The maximum Gasteiger partial charge on any atom is -0.0131 e. The Bertz CT molecular complexity index is 325. The molecule has 0 heteroatoms. The van der Waals surface area contributed by atoms with Gasteiger partial charge in [0.2, 0.25) is 0 Å². The summed E-state index contributed by atoms with van der Waals surface area (Å²) in [6, 6.07) is 11.3. The maximum atomic E-state index is 2.35. The van der Waals surface area contributed by atoms with Crippen molar-refractivity contribution in [1.29, 1.82) is 0 Å². The molecular weight excluding hydrogens is 192 g/mol. The van der Waals surface area contributed by atoms with Gasteiger partial charge in [-0.05, 0) is 36.2 Å². The lowest BCUT2D eigenvalue weighted by Gasteiger charge is -2.41. The first-order chi connectivity index (χ1) is 7.95. The van der Waals surface area contributed by atoms with Crippen LogP contribution in [-0.4, -0.2) is 0 Å². The summed E-state index contributed by atoms with van der Waals surface area (Å²) in [6.45, 7) is 0. The van der Waals surface area contributed by atoms with Crippen LogP contribution in [0.4, 0.5) is 0 Å². The molecule has 3 rings (SSSR count). The summed E-state index contributed by atoms with van der Waals surface area (Å²) in [5.74, 6) is 2.93. The Morgan fingerprint density at radius 1 is 0.750 bits per heavy atom. The fourth-order valence-corrected chi connectivity index (χ4v) is 4.05. The average Bonchev–Trinajstić information content (AvgIpc) is 2.39. The van der Waals surface area contributed by atoms with Crippen molar-refractivity contribution in [2.24, 2.45) is 11.8 Å². The lowest BCUT2D eigenvalue weighted by atomic mass is 9.64. The topological polar surface area (TPSA) is 0 Å². The highest BCUT2D eigenvalue weighted by Gasteiger charge is 2.35. The molecule has 16 heavy (non-hydrogen) atoms. The third-order valence-corrected chi connectivity index (χ3v) is 4.80. The quantitative estimate of drug-likeness (QED) is 0.632. The molecule has 0 aromatic heterocycles. The molecule has 3 atom stereocenters. The molecule has 2 fully saturated rings. The second-order valence-corrected chi connectivity index (χ2v) is 5.66. The van der Waals surface area contributed by atoms with E-state index in [4.69, 9.17) is 0 Å². The lowest BCUT2D eigenvalue weighted by Crippen LogP contribution is -2.29. The van der Waals surface area contributed by atoms with E-state index in [1.54, 1.807) is 5.56 Å². The molecule has 0 heterocycles. The molecule has 0 amide bonds. The molecule has 0 radical (unpaired) electrons. The zero-order valence-electron chi connectivity index (χ0n) is 10.1. The van der Waals surface area contributed by atoms with Gasteiger partial charge >= 0.3 is 0 Å². The van der Waals surface area contributed by atoms with Gasteiger partial charge in [-0.25, -0.2) is 0 Å². The fraction of sp³-hybridized carbons (Fsp3) is 0.625. The van der Waals surface area contributed by atoms with Crippen LogP contribution in [-0.2, 0) is 0 Å². The van der Waals surface area contributed by atoms with Crippen molar-refractivity contribution in [3.63, 3.8) is 0 Å². The van der Waals surface area contributed by atoms with Crippen molar-refractivity contribution in [3.05, 3.63) is 35.9 Å². The first-order valence-corrected chi connectivity index (χ1v) is 7.00. The van der Waals surface area contributed by atoms with Gasteiger partial charge in [0, 0.05) is 0 Å². The number of rotatable bonds is 1. The molecule has 0 saturated heterocycles. The number of benzene rings is 1. The SMILES string of the molecule is c1ccc(C2CCCC3CCCCC32)cc1. The summed E-state index contributed by atoms with van der Waals surface area (Å²) in [5, 5.41) is 0. The van der Waals surface area contributed by atoms with Gasteiger partial charge in [0.1, 0.15) is 0 Å². The molecule has 2 aliphatic carbocycles. The van der Waals surface area contributed by atoms with Gasteiger partial charge in [-0.2, -0.15) is 0 Å². The van der Waals surface area contributed by atoms with E-state index >= 15 is 0 Å². The minimum atomic E-state index is 0.875. The molecule has 0 nitrogen and oxygen atoms in total. The first kappa shape index (κ1) is 10.4. The predicted molar refractivity (Wildman–Crippen MR) is 68.5 cm³/mol. The van der Waals surface area contributed by atoms with E-state index < -0.39 is 0 Å². The number of hydrogen-bond donors (Lipinski definition) is 0.